The minimum Gasteiger partial charge on any atom is -0.370 e. The maximum Gasteiger partial charge on any atom is 0.269 e. The number of hydrogen-bond donors (Lipinski definition) is 1. The standard InChI is InChI=1S/C19H16Cl2N4O2/c20-15-5-3-6-16(21)17(15)18-14-4-1-2-11-22-19(14)24(23-18)12-7-9-13(10-8-12)25(26)27/h3,5-10,22H,1-2,4,11H2. The SMILES string of the molecule is O=[N+]([O-])c1ccc(-n2nc(-c3c(Cl)cccc3Cl)c3c2NCCCC3)cc1. The second-order valence-electron chi connectivity index (χ2n) is 6.34. The van der Waals surface area contributed by atoms with Crippen molar-refractivity contribution in [3.05, 3.63) is 68.2 Å². The number of nitro groups is 1. The molecule has 0 spiro atoms. The molecule has 8 heteroatoms. The highest BCUT2D eigenvalue weighted by atomic mass is 35.5. The number of fused-ring (bicyclic) bond motifs is 1. The van der Waals surface area contributed by atoms with Crippen molar-refractivity contribution < 1.29 is 4.92 Å². The summed E-state index contributed by atoms with van der Waals surface area (Å²) >= 11 is 12.9. The van der Waals surface area contributed by atoms with Gasteiger partial charge in [0.1, 0.15) is 11.5 Å². The molecule has 0 bridgehead atoms. The maximum absolute atomic E-state index is 10.9. The molecular formula is C19H16Cl2N4O2. The molecule has 138 valence electrons. The van der Waals surface area contributed by atoms with Crippen LogP contribution < -0.4 is 5.32 Å². The number of nitro benzene ring substituents is 1. The van der Waals surface area contributed by atoms with Gasteiger partial charge in [-0.2, -0.15) is 5.10 Å². The molecule has 1 aromatic heterocycles. The molecule has 4 rings (SSSR count). The highest BCUT2D eigenvalue weighted by Crippen LogP contribution is 2.40. The Morgan fingerprint density at radius 2 is 1.78 bits per heavy atom. The molecule has 0 atom stereocenters. The Morgan fingerprint density at radius 3 is 2.44 bits per heavy atom. The Hall–Kier alpha value is -2.57. The summed E-state index contributed by atoms with van der Waals surface area (Å²) in [5.41, 5.74) is 3.29. The predicted octanol–water partition coefficient (Wildman–Crippen LogP) is 5.50. The predicted molar refractivity (Wildman–Crippen MR) is 107 cm³/mol. The van der Waals surface area contributed by atoms with Crippen molar-refractivity contribution in [1.29, 1.82) is 0 Å². The monoisotopic (exact) mass is 402 g/mol. The molecule has 0 amide bonds. The molecule has 6 nitrogen and oxygen atoms in total. The van der Waals surface area contributed by atoms with Crippen LogP contribution in [0, 0.1) is 10.1 Å². The highest BCUT2D eigenvalue weighted by molar-refractivity contribution is 6.39. The molecular weight excluding hydrogens is 387 g/mol. The normalized spacial score (nSPS) is 13.6. The van der Waals surface area contributed by atoms with Crippen LogP contribution >= 0.6 is 23.2 Å². The molecule has 0 radical (unpaired) electrons. The second-order valence-corrected chi connectivity index (χ2v) is 7.16. The molecule has 2 aromatic carbocycles. The Balaban J connectivity index is 1.91. The van der Waals surface area contributed by atoms with Gasteiger partial charge >= 0.3 is 0 Å². The molecule has 3 aromatic rings. The summed E-state index contributed by atoms with van der Waals surface area (Å²) in [5, 5.41) is 20.2. The van der Waals surface area contributed by atoms with Crippen molar-refractivity contribution >= 4 is 34.7 Å². The van der Waals surface area contributed by atoms with Crippen molar-refractivity contribution in [3.63, 3.8) is 0 Å². The van der Waals surface area contributed by atoms with Crippen molar-refractivity contribution in [2.75, 3.05) is 11.9 Å². The van der Waals surface area contributed by atoms with E-state index in [-0.39, 0.29) is 5.69 Å². The van der Waals surface area contributed by atoms with Gasteiger partial charge in [-0.3, -0.25) is 10.1 Å². The summed E-state index contributed by atoms with van der Waals surface area (Å²) < 4.78 is 1.78. The first kappa shape index (κ1) is 17.8. The molecule has 1 aliphatic rings. The fourth-order valence-corrected chi connectivity index (χ4v) is 3.91. The number of nitrogens with zero attached hydrogens (tertiary/aromatic N) is 3. The zero-order valence-electron chi connectivity index (χ0n) is 14.3. The highest BCUT2D eigenvalue weighted by Gasteiger charge is 2.24. The van der Waals surface area contributed by atoms with E-state index in [1.54, 1.807) is 35.0 Å². The smallest absolute Gasteiger partial charge is 0.269 e. The van der Waals surface area contributed by atoms with Crippen LogP contribution in [-0.2, 0) is 6.42 Å². The van der Waals surface area contributed by atoms with Gasteiger partial charge in [-0.1, -0.05) is 29.3 Å². The molecule has 0 fully saturated rings. The third-order valence-corrected chi connectivity index (χ3v) is 5.26. The Labute approximate surface area is 165 Å². The summed E-state index contributed by atoms with van der Waals surface area (Å²) in [7, 11) is 0. The van der Waals surface area contributed by atoms with Crippen LogP contribution in [0.15, 0.2) is 42.5 Å². The van der Waals surface area contributed by atoms with Gasteiger partial charge in [-0.25, -0.2) is 4.68 Å². The lowest BCUT2D eigenvalue weighted by Gasteiger charge is -2.09. The van der Waals surface area contributed by atoms with E-state index in [1.807, 2.05) is 0 Å². The first-order valence-electron chi connectivity index (χ1n) is 8.61. The zero-order chi connectivity index (χ0) is 19.0. The van der Waals surface area contributed by atoms with E-state index in [2.05, 4.69) is 5.32 Å². The average Bonchev–Trinajstić information content (AvgIpc) is 2.84. The first-order valence-corrected chi connectivity index (χ1v) is 9.37. The average molecular weight is 403 g/mol. The molecule has 2 heterocycles. The van der Waals surface area contributed by atoms with Crippen molar-refractivity contribution in [2.45, 2.75) is 19.3 Å². The Morgan fingerprint density at radius 1 is 1.07 bits per heavy atom. The van der Waals surface area contributed by atoms with Crippen molar-refractivity contribution in [2.24, 2.45) is 0 Å². The topological polar surface area (TPSA) is 73.0 Å². The first-order chi connectivity index (χ1) is 13.1. The summed E-state index contributed by atoms with van der Waals surface area (Å²) in [5.74, 6) is 0.882. The van der Waals surface area contributed by atoms with E-state index >= 15 is 0 Å². The lowest BCUT2D eigenvalue weighted by atomic mass is 10.0. The van der Waals surface area contributed by atoms with E-state index in [0.717, 1.165) is 48.6 Å². The lowest BCUT2D eigenvalue weighted by molar-refractivity contribution is -0.384. The van der Waals surface area contributed by atoms with Gasteiger partial charge < -0.3 is 5.32 Å². The number of halogens is 2. The lowest BCUT2D eigenvalue weighted by Crippen LogP contribution is -2.07. The molecule has 0 aliphatic carbocycles. The third-order valence-electron chi connectivity index (χ3n) is 4.63. The molecule has 27 heavy (non-hydrogen) atoms. The summed E-state index contributed by atoms with van der Waals surface area (Å²) in [6.45, 7) is 0.835. The van der Waals surface area contributed by atoms with Crippen LogP contribution in [0.25, 0.3) is 16.9 Å². The summed E-state index contributed by atoms with van der Waals surface area (Å²) in [6, 6.07) is 11.7. The zero-order valence-corrected chi connectivity index (χ0v) is 15.8. The number of non-ortho nitro benzene ring substituents is 1. The van der Waals surface area contributed by atoms with E-state index in [0.29, 0.717) is 15.6 Å². The number of aromatic nitrogens is 2. The van der Waals surface area contributed by atoms with E-state index in [9.17, 15) is 10.1 Å². The van der Waals surface area contributed by atoms with Gasteiger partial charge in [0, 0.05) is 29.8 Å². The molecule has 0 unspecified atom stereocenters. The quantitative estimate of drug-likeness (QED) is 0.463. The van der Waals surface area contributed by atoms with E-state index in [4.69, 9.17) is 28.3 Å². The molecule has 1 aliphatic heterocycles. The minimum atomic E-state index is -0.416. The van der Waals surface area contributed by atoms with E-state index < -0.39 is 4.92 Å². The largest absolute Gasteiger partial charge is 0.370 e. The fourth-order valence-electron chi connectivity index (χ4n) is 3.33. The summed E-state index contributed by atoms with van der Waals surface area (Å²) in [4.78, 5) is 10.5. The van der Waals surface area contributed by atoms with Crippen LogP contribution in [0.1, 0.15) is 18.4 Å². The van der Waals surface area contributed by atoms with Crippen LogP contribution in [-0.4, -0.2) is 21.2 Å². The number of rotatable bonds is 3. The molecule has 0 saturated carbocycles. The van der Waals surface area contributed by atoms with Gasteiger partial charge in [-0.15, -0.1) is 0 Å². The number of nitrogens with one attached hydrogen (secondary N) is 1. The Bertz CT molecular complexity index is 995. The fraction of sp³-hybridized carbons (Fsp3) is 0.211. The summed E-state index contributed by atoms with van der Waals surface area (Å²) in [6.07, 6.45) is 2.93. The van der Waals surface area contributed by atoms with Gasteiger partial charge in [0.15, 0.2) is 0 Å². The van der Waals surface area contributed by atoms with Crippen LogP contribution in [0.4, 0.5) is 11.5 Å². The third kappa shape index (κ3) is 3.26. The van der Waals surface area contributed by atoms with Crippen LogP contribution in [0.5, 0.6) is 0 Å². The number of benzene rings is 2. The number of anilines is 1. The molecule has 1 N–H and O–H groups in total. The minimum absolute atomic E-state index is 0.0410. The van der Waals surface area contributed by atoms with Crippen molar-refractivity contribution in [1.82, 2.24) is 9.78 Å². The van der Waals surface area contributed by atoms with Gasteiger partial charge in [0.25, 0.3) is 5.69 Å². The maximum atomic E-state index is 10.9. The van der Waals surface area contributed by atoms with Gasteiger partial charge in [0.2, 0.25) is 0 Å². The Kier molecular flexibility index (Phi) is 4.76. The van der Waals surface area contributed by atoms with E-state index in [1.165, 1.54) is 12.1 Å². The van der Waals surface area contributed by atoms with Crippen LogP contribution in [0.2, 0.25) is 10.0 Å². The molecule has 0 saturated heterocycles. The van der Waals surface area contributed by atoms with Gasteiger partial charge in [0.05, 0.1) is 20.7 Å². The van der Waals surface area contributed by atoms with Gasteiger partial charge in [-0.05, 0) is 43.5 Å². The van der Waals surface area contributed by atoms with Crippen LogP contribution in [0.3, 0.4) is 0 Å². The van der Waals surface area contributed by atoms with Crippen molar-refractivity contribution in [3.8, 4) is 16.9 Å². The number of hydrogen-bond acceptors (Lipinski definition) is 4. The second kappa shape index (κ2) is 7.21.